The summed E-state index contributed by atoms with van der Waals surface area (Å²) in [4.78, 5) is 0. The SMILES string of the molecule is O[C@H]1CC[C@H]2CC[C@H]1O2. The van der Waals surface area contributed by atoms with Crippen LogP contribution < -0.4 is 0 Å². The van der Waals surface area contributed by atoms with Gasteiger partial charge >= 0.3 is 0 Å². The van der Waals surface area contributed by atoms with E-state index in [1.165, 1.54) is 6.42 Å². The third-order valence-corrected chi connectivity index (χ3v) is 2.35. The van der Waals surface area contributed by atoms with Gasteiger partial charge in [0.25, 0.3) is 0 Å². The maximum absolute atomic E-state index is 9.27. The average molecular weight is 128 g/mol. The van der Waals surface area contributed by atoms with Gasteiger partial charge in [-0.3, -0.25) is 0 Å². The first-order valence-electron chi connectivity index (χ1n) is 3.70. The van der Waals surface area contributed by atoms with Gasteiger partial charge in [-0.2, -0.15) is 0 Å². The molecule has 2 aliphatic rings. The standard InChI is InChI=1S/C7H12O2/c8-6-3-1-5-2-4-7(6)9-5/h5-8H,1-4H2/t5-,6-,7+/m0/s1. The van der Waals surface area contributed by atoms with Crippen LogP contribution in [0.2, 0.25) is 0 Å². The second-order valence-electron chi connectivity index (χ2n) is 3.02. The monoisotopic (exact) mass is 128 g/mol. The summed E-state index contributed by atoms with van der Waals surface area (Å²) >= 11 is 0. The number of aliphatic hydroxyl groups excluding tert-OH is 1. The van der Waals surface area contributed by atoms with E-state index >= 15 is 0 Å². The van der Waals surface area contributed by atoms with Crippen LogP contribution in [-0.4, -0.2) is 23.4 Å². The summed E-state index contributed by atoms with van der Waals surface area (Å²) in [5.74, 6) is 0. The van der Waals surface area contributed by atoms with E-state index in [0.717, 1.165) is 19.3 Å². The van der Waals surface area contributed by atoms with Crippen LogP contribution in [-0.2, 0) is 4.74 Å². The molecule has 0 aromatic heterocycles. The molecule has 3 atom stereocenters. The first-order chi connectivity index (χ1) is 4.36. The number of hydrogen-bond acceptors (Lipinski definition) is 2. The summed E-state index contributed by atoms with van der Waals surface area (Å²) in [6, 6.07) is 0. The Morgan fingerprint density at radius 3 is 2.67 bits per heavy atom. The van der Waals surface area contributed by atoms with E-state index in [9.17, 15) is 5.11 Å². The Balaban J connectivity index is 2.05. The van der Waals surface area contributed by atoms with Crippen molar-refractivity contribution in [3.05, 3.63) is 0 Å². The highest BCUT2D eigenvalue weighted by Gasteiger charge is 2.35. The van der Waals surface area contributed by atoms with Gasteiger partial charge in [-0.1, -0.05) is 0 Å². The number of aliphatic hydroxyl groups is 1. The molecule has 0 radical (unpaired) electrons. The maximum atomic E-state index is 9.27. The maximum Gasteiger partial charge on any atom is 0.0838 e. The molecule has 0 aromatic carbocycles. The summed E-state index contributed by atoms with van der Waals surface area (Å²) in [5.41, 5.74) is 0. The van der Waals surface area contributed by atoms with E-state index in [0.29, 0.717) is 6.10 Å². The number of fused-ring (bicyclic) bond motifs is 2. The van der Waals surface area contributed by atoms with Gasteiger partial charge in [0.15, 0.2) is 0 Å². The number of hydrogen-bond donors (Lipinski definition) is 1. The lowest BCUT2D eigenvalue weighted by Crippen LogP contribution is -2.31. The first-order valence-corrected chi connectivity index (χ1v) is 3.70. The fourth-order valence-electron chi connectivity index (χ4n) is 1.77. The van der Waals surface area contributed by atoms with Crippen LogP contribution in [0.25, 0.3) is 0 Å². The highest BCUT2D eigenvalue weighted by atomic mass is 16.5. The predicted octanol–water partition coefficient (Wildman–Crippen LogP) is 0.689. The minimum absolute atomic E-state index is 0.163. The van der Waals surface area contributed by atoms with Crippen molar-refractivity contribution in [2.45, 2.75) is 44.0 Å². The van der Waals surface area contributed by atoms with Crippen LogP contribution in [0, 0.1) is 0 Å². The Morgan fingerprint density at radius 1 is 1.11 bits per heavy atom. The lowest BCUT2D eigenvalue weighted by atomic mass is 10.1. The zero-order valence-corrected chi connectivity index (χ0v) is 5.42. The smallest absolute Gasteiger partial charge is 0.0838 e. The van der Waals surface area contributed by atoms with Crippen molar-refractivity contribution in [1.29, 1.82) is 0 Å². The van der Waals surface area contributed by atoms with E-state index in [1.54, 1.807) is 0 Å². The summed E-state index contributed by atoms with van der Waals surface area (Å²) < 4.78 is 5.46. The second kappa shape index (κ2) is 1.96. The average Bonchev–Trinajstić information content (AvgIpc) is 2.25. The van der Waals surface area contributed by atoms with Crippen molar-refractivity contribution in [2.24, 2.45) is 0 Å². The Hall–Kier alpha value is -0.0800. The summed E-state index contributed by atoms with van der Waals surface area (Å²) in [6.45, 7) is 0. The molecule has 0 aromatic rings. The number of ether oxygens (including phenoxy) is 1. The molecule has 0 aliphatic carbocycles. The van der Waals surface area contributed by atoms with E-state index in [-0.39, 0.29) is 12.2 Å². The lowest BCUT2D eigenvalue weighted by Gasteiger charge is -2.24. The van der Waals surface area contributed by atoms with Gasteiger partial charge in [-0.25, -0.2) is 0 Å². The van der Waals surface area contributed by atoms with Crippen LogP contribution in [0.5, 0.6) is 0 Å². The molecule has 2 heteroatoms. The zero-order valence-electron chi connectivity index (χ0n) is 5.42. The van der Waals surface area contributed by atoms with Crippen molar-refractivity contribution >= 4 is 0 Å². The van der Waals surface area contributed by atoms with Gasteiger partial charge in [-0.05, 0) is 25.7 Å². The molecule has 2 rings (SSSR count). The summed E-state index contributed by atoms with van der Waals surface area (Å²) in [6.07, 6.45) is 4.77. The fourth-order valence-corrected chi connectivity index (χ4v) is 1.77. The third-order valence-electron chi connectivity index (χ3n) is 2.35. The van der Waals surface area contributed by atoms with Gasteiger partial charge in [0.1, 0.15) is 0 Å². The van der Waals surface area contributed by atoms with Gasteiger partial charge in [0.05, 0.1) is 18.3 Å². The Labute approximate surface area is 54.8 Å². The van der Waals surface area contributed by atoms with E-state index in [2.05, 4.69) is 0 Å². The van der Waals surface area contributed by atoms with Crippen molar-refractivity contribution in [2.75, 3.05) is 0 Å². The van der Waals surface area contributed by atoms with Crippen LogP contribution in [0.1, 0.15) is 25.7 Å². The van der Waals surface area contributed by atoms with Crippen molar-refractivity contribution in [3.8, 4) is 0 Å². The Bertz CT molecular complexity index is 113. The van der Waals surface area contributed by atoms with Gasteiger partial charge in [-0.15, -0.1) is 0 Å². The highest BCUT2D eigenvalue weighted by molar-refractivity contribution is 4.85. The van der Waals surface area contributed by atoms with Crippen molar-refractivity contribution in [1.82, 2.24) is 0 Å². The molecule has 2 heterocycles. The van der Waals surface area contributed by atoms with Gasteiger partial charge in [0.2, 0.25) is 0 Å². The van der Waals surface area contributed by atoms with Crippen LogP contribution in [0.4, 0.5) is 0 Å². The Morgan fingerprint density at radius 2 is 1.89 bits per heavy atom. The molecule has 52 valence electrons. The summed E-state index contributed by atoms with van der Waals surface area (Å²) in [5, 5.41) is 9.27. The summed E-state index contributed by atoms with van der Waals surface area (Å²) in [7, 11) is 0. The quantitative estimate of drug-likeness (QED) is 0.520. The molecule has 2 saturated heterocycles. The molecule has 0 spiro atoms. The van der Waals surface area contributed by atoms with Crippen LogP contribution in [0.15, 0.2) is 0 Å². The molecule has 9 heavy (non-hydrogen) atoms. The molecule has 0 amide bonds. The van der Waals surface area contributed by atoms with Crippen molar-refractivity contribution < 1.29 is 9.84 Å². The molecule has 0 unspecified atom stereocenters. The molecule has 2 nitrogen and oxygen atoms in total. The second-order valence-corrected chi connectivity index (χ2v) is 3.02. The molecule has 2 aliphatic heterocycles. The van der Waals surface area contributed by atoms with Gasteiger partial charge in [0, 0.05) is 0 Å². The molecular formula is C7H12O2. The number of rotatable bonds is 0. The Kier molecular flexibility index (Phi) is 1.24. The van der Waals surface area contributed by atoms with Crippen LogP contribution in [0.3, 0.4) is 0 Å². The topological polar surface area (TPSA) is 29.5 Å². The lowest BCUT2D eigenvalue weighted by molar-refractivity contribution is -0.0746. The van der Waals surface area contributed by atoms with Gasteiger partial charge < -0.3 is 9.84 Å². The minimum atomic E-state index is -0.163. The van der Waals surface area contributed by atoms with E-state index < -0.39 is 0 Å². The molecule has 0 saturated carbocycles. The zero-order chi connectivity index (χ0) is 6.27. The largest absolute Gasteiger partial charge is 0.390 e. The minimum Gasteiger partial charge on any atom is -0.390 e. The fraction of sp³-hybridized carbons (Fsp3) is 1.00. The highest BCUT2D eigenvalue weighted by Crippen LogP contribution is 2.32. The third kappa shape index (κ3) is 0.864. The van der Waals surface area contributed by atoms with Crippen molar-refractivity contribution in [3.63, 3.8) is 0 Å². The molecule has 2 bridgehead atoms. The molecule has 2 fully saturated rings. The molecule has 1 N–H and O–H groups in total. The van der Waals surface area contributed by atoms with Crippen LogP contribution >= 0.6 is 0 Å². The van der Waals surface area contributed by atoms with E-state index in [4.69, 9.17) is 4.74 Å². The predicted molar refractivity (Wildman–Crippen MR) is 33.1 cm³/mol. The normalized spacial score (nSPS) is 49.7. The first kappa shape index (κ1) is 5.69. The molecular weight excluding hydrogens is 116 g/mol. The van der Waals surface area contributed by atoms with E-state index in [1.807, 2.05) is 0 Å².